The summed E-state index contributed by atoms with van der Waals surface area (Å²) in [6.07, 6.45) is 0. The lowest BCUT2D eigenvalue weighted by Crippen LogP contribution is -1.95. The minimum atomic E-state index is 1.14. The van der Waals surface area contributed by atoms with Gasteiger partial charge in [0, 0.05) is 98.2 Å². The molecule has 0 atom stereocenters. The first-order valence-corrected chi connectivity index (χ1v) is 42.0. The van der Waals surface area contributed by atoms with E-state index in [1.165, 1.54) is 208 Å². The Labute approximate surface area is 702 Å². The fourth-order valence-electron chi connectivity index (χ4n) is 20.3. The van der Waals surface area contributed by atoms with Gasteiger partial charge in [0.2, 0.25) is 0 Å². The van der Waals surface area contributed by atoms with Crippen molar-refractivity contribution in [2.75, 3.05) is 0 Å². The van der Waals surface area contributed by atoms with Crippen molar-refractivity contribution in [2.45, 2.75) is 0 Å². The number of para-hydroxylation sites is 6. The summed E-state index contributed by atoms with van der Waals surface area (Å²) in [7, 11) is 0. The first-order valence-electron chi connectivity index (χ1n) is 42.0. The number of hydrogen-bond donors (Lipinski definition) is 0. The van der Waals surface area contributed by atoms with Crippen LogP contribution >= 0.6 is 0 Å². The molecule has 6 nitrogen and oxygen atoms in total. The van der Waals surface area contributed by atoms with Crippen molar-refractivity contribution in [2.24, 2.45) is 0 Å². The standard InChI is InChI=1S/2C58H37N3/c1-3-15-38(16-4-1)40-19-13-22-44(35-40)59-55-33-30-42(37-50(55)57-56(59)34-31-48-46-24-9-11-26-52(46)60(58(48)57)43-20-5-2-6-21-43)41-29-32-54-49(36-41)47-25-10-12-27-53(47)61(54)51-28-14-18-39-17-7-8-23-45(39)51;1-3-15-38(16-4-1)40-19-13-22-44(35-40)60-54-32-30-42(37-49(54)58-56(60)34-33-55-57(58)47-25-10-12-27-52(47)59(55)43-20-5-2-6-21-43)41-29-31-53-48(36-41)46-24-9-11-26-51(46)61(53)50-28-14-18-39-17-7-8-23-45(39)50/h2*1-37H. The van der Waals surface area contributed by atoms with Gasteiger partial charge in [0.25, 0.3) is 0 Å². The van der Waals surface area contributed by atoms with E-state index in [0.29, 0.717) is 0 Å². The zero-order chi connectivity index (χ0) is 80.0. The molecule has 6 aromatic heterocycles. The highest BCUT2D eigenvalue weighted by Gasteiger charge is 2.26. The highest BCUT2D eigenvalue weighted by molar-refractivity contribution is 6.30. The molecule has 0 amide bonds. The van der Waals surface area contributed by atoms with Crippen molar-refractivity contribution >= 4 is 152 Å². The summed E-state index contributed by atoms with van der Waals surface area (Å²) >= 11 is 0. The Kier molecular flexibility index (Phi) is 15.6. The Morgan fingerprint density at radius 3 is 0.877 bits per heavy atom. The van der Waals surface area contributed by atoms with Crippen molar-refractivity contribution in [1.29, 1.82) is 0 Å². The van der Waals surface area contributed by atoms with Gasteiger partial charge in [0.05, 0.1) is 77.6 Å². The molecule has 20 aromatic carbocycles. The Morgan fingerprint density at radius 1 is 0.123 bits per heavy atom. The second-order valence-electron chi connectivity index (χ2n) is 32.2. The maximum Gasteiger partial charge on any atom is 0.0641 e. The third-order valence-corrected chi connectivity index (χ3v) is 25.6. The van der Waals surface area contributed by atoms with Crippen LogP contribution < -0.4 is 0 Å². The molecule has 0 spiro atoms. The largest absolute Gasteiger partial charge is 0.309 e. The smallest absolute Gasteiger partial charge is 0.0641 e. The summed E-state index contributed by atoms with van der Waals surface area (Å²) in [6, 6.07) is 164. The van der Waals surface area contributed by atoms with Crippen LogP contribution in [0.25, 0.3) is 231 Å². The Morgan fingerprint density at radius 2 is 0.402 bits per heavy atom. The van der Waals surface area contributed by atoms with Crippen LogP contribution in [-0.4, -0.2) is 27.4 Å². The molecule has 0 aliphatic rings. The quantitative estimate of drug-likeness (QED) is 0.131. The highest BCUT2D eigenvalue weighted by atomic mass is 15.0. The zero-order valence-electron chi connectivity index (χ0n) is 66.4. The molecular formula is C116H74N6. The van der Waals surface area contributed by atoms with Crippen LogP contribution in [0.15, 0.2) is 449 Å². The van der Waals surface area contributed by atoms with Gasteiger partial charge < -0.3 is 27.4 Å². The number of fused-ring (bicyclic) bond motifs is 22. The van der Waals surface area contributed by atoms with Crippen LogP contribution in [-0.2, 0) is 0 Å². The first-order chi connectivity index (χ1) is 60.6. The highest BCUT2D eigenvalue weighted by Crippen LogP contribution is 2.48. The first kappa shape index (κ1) is 68.9. The van der Waals surface area contributed by atoms with Crippen LogP contribution in [0, 0.1) is 0 Å². The third kappa shape index (κ3) is 10.7. The van der Waals surface area contributed by atoms with Crippen LogP contribution in [0.3, 0.4) is 0 Å². The van der Waals surface area contributed by atoms with E-state index in [2.05, 4.69) is 476 Å². The molecule has 0 aliphatic heterocycles. The average Bonchev–Trinajstić information content (AvgIpc) is 1.54. The lowest BCUT2D eigenvalue weighted by Gasteiger charge is -2.12. The minimum Gasteiger partial charge on any atom is -0.309 e. The lowest BCUT2D eigenvalue weighted by atomic mass is 9.99. The van der Waals surface area contributed by atoms with E-state index in [1.54, 1.807) is 0 Å². The maximum atomic E-state index is 2.47. The molecular weight excluding hydrogens is 1480 g/mol. The number of benzene rings is 20. The molecule has 26 rings (SSSR count). The van der Waals surface area contributed by atoms with Gasteiger partial charge in [-0.15, -0.1) is 0 Å². The van der Waals surface area contributed by atoms with Gasteiger partial charge >= 0.3 is 0 Å². The molecule has 6 heteroatoms. The molecule has 0 saturated heterocycles. The van der Waals surface area contributed by atoms with Gasteiger partial charge in [-0.25, -0.2) is 0 Å². The van der Waals surface area contributed by atoms with E-state index in [4.69, 9.17) is 0 Å². The number of nitrogens with zero attached hydrogens (tertiary/aromatic N) is 6. The Balaban J connectivity index is 0.000000134. The average molecular weight is 1550 g/mol. The molecule has 568 valence electrons. The number of rotatable bonds is 10. The molecule has 0 saturated carbocycles. The molecule has 26 aromatic rings. The molecule has 0 aliphatic carbocycles. The fraction of sp³-hybridized carbons (Fsp3) is 0. The molecule has 0 radical (unpaired) electrons. The molecule has 0 unspecified atom stereocenters. The van der Waals surface area contributed by atoms with Crippen LogP contribution in [0.1, 0.15) is 0 Å². The summed E-state index contributed by atoms with van der Waals surface area (Å²) in [6.45, 7) is 0. The summed E-state index contributed by atoms with van der Waals surface area (Å²) in [5.74, 6) is 0. The van der Waals surface area contributed by atoms with Crippen molar-refractivity contribution < 1.29 is 0 Å². The second-order valence-corrected chi connectivity index (χ2v) is 32.2. The third-order valence-electron chi connectivity index (χ3n) is 25.6. The normalized spacial score (nSPS) is 11.9. The van der Waals surface area contributed by atoms with E-state index >= 15 is 0 Å². The lowest BCUT2D eigenvalue weighted by molar-refractivity contribution is 1.17. The van der Waals surface area contributed by atoms with Crippen LogP contribution in [0.5, 0.6) is 0 Å². The van der Waals surface area contributed by atoms with Crippen molar-refractivity contribution in [1.82, 2.24) is 27.4 Å². The van der Waals surface area contributed by atoms with Gasteiger partial charge in [-0.1, -0.05) is 297 Å². The van der Waals surface area contributed by atoms with E-state index in [-0.39, 0.29) is 0 Å². The Hall–Kier alpha value is -16.3. The monoisotopic (exact) mass is 1550 g/mol. The molecule has 0 fully saturated rings. The summed E-state index contributed by atoms with van der Waals surface area (Å²) in [5.41, 5.74) is 30.9. The molecule has 6 heterocycles. The number of hydrogen-bond acceptors (Lipinski definition) is 0. The van der Waals surface area contributed by atoms with Crippen molar-refractivity contribution in [3.05, 3.63) is 449 Å². The van der Waals surface area contributed by atoms with E-state index in [1.807, 2.05) is 0 Å². The molecule has 0 N–H and O–H groups in total. The van der Waals surface area contributed by atoms with Gasteiger partial charge in [-0.05, 0) is 207 Å². The topological polar surface area (TPSA) is 29.6 Å². The SMILES string of the molecule is c1ccc(-c2cccc(-n3c4ccc(-c5ccc6c(c5)c5ccccc5n6-c5cccc6ccccc56)cc4c4c3ccc3c5ccccc5n(-c5ccccc5)c34)c2)cc1.c1ccc(-c2cccc(-n3c4ccc(-c5ccc6c(c5)c5ccccc5n6-c5cccc6ccccc56)cc4c4c5c6ccccc6n(-c6ccccc6)c5ccc43)c2)cc1. The van der Waals surface area contributed by atoms with Crippen LogP contribution in [0.4, 0.5) is 0 Å². The van der Waals surface area contributed by atoms with Gasteiger partial charge in [0.15, 0.2) is 0 Å². The predicted molar refractivity (Wildman–Crippen MR) is 516 cm³/mol. The number of aromatic nitrogens is 6. The molecule has 122 heavy (non-hydrogen) atoms. The van der Waals surface area contributed by atoms with Crippen molar-refractivity contribution in [3.63, 3.8) is 0 Å². The summed E-state index contributed by atoms with van der Waals surface area (Å²) < 4.78 is 14.7. The summed E-state index contributed by atoms with van der Waals surface area (Å²) in [4.78, 5) is 0. The zero-order valence-corrected chi connectivity index (χ0v) is 66.4. The Bertz CT molecular complexity index is 8740. The van der Waals surface area contributed by atoms with Crippen LogP contribution in [0.2, 0.25) is 0 Å². The van der Waals surface area contributed by atoms with Gasteiger partial charge in [-0.3, -0.25) is 0 Å². The summed E-state index contributed by atoms with van der Waals surface area (Å²) in [5, 5.41) is 19.9. The van der Waals surface area contributed by atoms with Gasteiger partial charge in [-0.2, -0.15) is 0 Å². The van der Waals surface area contributed by atoms with Crippen molar-refractivity contribution in [3.8, 4) is 78.6 Å². The van der Waals surface area contributed by atoms with E-state index in [9.17, 15) is 0 Å². The minimum absolute atomic E-state index is 1.14. The van der Waals surface area contributed by atoms with E-state index in [0.717, 1.165) is 22.7 Å². The fourth-order valence-corrected chi connectivity index (χ4v) is 20.3. The van der Waals surface area contributed by atoms with E-state index < -0.39 is 0 Å². The van der Waals surface area contributed by atoms with Gasteiger partial charge in [0.1, 0.15) is 0 Å². The predicted octanol–water partition coefficient (Wildman–Crippen LogP) is 30.9. The maximum absolute atomic E-state index is 2.47. The molecule has 0 bridgehead atoms. The second kappa shape index (κ2) is 27.7.